The maximum absolute atomic E-state index is 5.51. The van der Waals surface area contributed by atoms with Gasteiger partial charge in [0.1, 0.15) is 0 Å². The molecule has 1 aliphatic heterocycles. The highest BCUT2D eigenvalue weighted by atomic mass is 16.5. The Hall–Kier alpha value is -0.940. The first kappa shape index (κ1) is 11.2. The average molecular weight is 237 g/mol. The summed E-state index contributed by atoms with van der Waals surface area (Å²) in [6.45, 7) is 3.67. The van der Waals surface area contributed by atoms with Crippen LogP contribution in [0.15, 0.2) is 4.52 Å². The number of hydrogen-bond donors (Lipinski definition) is 1. The summed E-state index contributed by atoms with van der Waals surface area (Å²) >= 11 is 0. The highest BCUT2D eigenvalue weighted by Crippen LogP contribution is 2.46. The van der Waals surface area contributed by atoms with E-state index in [2.05, 4.69) is 22.4 Å². The lowest BCUT2D eigenvalue weighted by molar-refractivity contribution is 0.0516. The third kappa shape index (κ3) is 1.98. The van der Waals surface area contributed by atoms with Crippen molar-refractivity contribution < 1.29 is 9.26 Å². The Labute approximate surface area is 101 Å². The fourth-order valence-corrected chi connectivity index (χ4v) is 2.37. The third-order valence-electron chi connectivity index (χ3n) is 4.03. The number of hydrogen-bond acceptors (Lipinski definition) is 5. The van der Waals surface area contributed by atoms with Crippen molar-refractivity contribution in [3.8, 4) is 0 Å². The molecule has 1 N–H and O–H groups in total. The van der Waals surface area contributed by atoms with Crippen molar-refractivity contribution in [3.63, 3.8) is 0 Å². The van der Waals surface area contributed by atoms with E-state index >= 15 is 0 Å². The predicted octanol–water partition coefficient (Wildman–Crippen LogP) is 1.21. The van der Waals surface area contributed by atoms with Crippen LogP contribution in [0, 0.1) is 0 Å². The normalized spacial score (nSPS) is 31.4. The van der Waals surface area contributed by atoms with Crippen LogP contribution >= 0.6 is 0 Å². The lowest BCUT2D eigenvalue weighted by Crippen LogP contribution is -2.39. The largest absolute Gasteiger partial charge is 0.381 e. The Bertz CT molecular complexity index is 400. The van der Waals surface area contributed by atoms with Gasteiger partial charge in [0.15, 0.2) is 5.82 Å². The van der Waals surface area contributed by atoms with Crippen LogP contribution in [0.5, 0.6) is 0 Å². The van der Waals surface area contributed by atoms with Gasteiger partial charge in [-0.2, -0.15) is 4.98 Å². The van der Waals surface area contributed by atoms with Crippen molar-refractivity contribution in [2.45, 2.75) is 43.6 Å². The Morgan fingerprint density at radius 2 is 2.24 bits per heavy atom. The van der Waals surface area contributed by atoms with Gasteiger partial charge in [-0.3, -0.25) is 0 Å². The molecule has 1 aliphatic carbocycles. The van der Waals surface area contributed by atoms with Gasteiger partial charge in [-0.25, -0.2) is 0 Å². The summed E-state index contributed by atoms with van der Waals surface area (Å²) in [5, 5.41) is 7.43. The first-order chi connectivity index (χ1) is 8.23. The molecule has 2 unspecified atom stereocenters. The molecule has 0 radical (unpaired) electrons. The number of aromatic nitrogens is 2. The maximum Gasteiger partial charge on any atom is 0.233 e. The van der Waals surface area contributed by atoms with E-state index < -0.39 is 0 Å². The molecule has 1 saturated heterocycles. The van der Waals surface area contributed by atoms with E-state index in [0.717, 1.165) is 24.7 Å². The minimum absolute atomic E-state index is 0.173. The smallest absolute Gasteiger partial charge is 0.233 e. The van der Waals surface area contributed by atoms with Gasteiger partial charge in [0.25, 0.3) is 0 Å². The van der Waals surface area contributed by atoms with E-state index in [1.165, 1.54) is 12.8 Å². The molecule has 0 aromatic carbocycles. The van der Waals surface area contributed by atoms with Crippen LogP contribution in [0.4, 0.5) is 0 Å². The topological polar surface area (TPSA) is 60.2 Å². The highest BCUT2D eigenvalue weighted by Gasteiger charge is 2.44. The number of nitrogens with zero attached hydrogens (tertiary/aromatic N) is 2. The first-order valence-electron chi connectivity index (χ1n) is 6.32. The van der Waals surface area contributed by atoms with Gasteiger partial charge >= 0.3 is 0 Å². The SMILES string of the molecule is CNC1CCOCC1c1nc(C2(C)CC2)no1. The molecule has 1 saturated carbocycles. The highest BCUT2D eigenvalue weighted by molar-refractivity contribution is 5.15. The molecular weight excluding hydrogens is 218 g/mol. The van der Waals surface area contributed by atoms with Crippen molar-refractivity contribution in [1.29, 1.82) is 0 Å². The van der Waals surface area contributed by atoms with E-state index in [1.807, 2.05) is 7.05 Å². The van der Waals surface area contributed by atoms with Gasteiger partial charge in [-0.05, 0) is 26.3 Å². The van der Waals surface area contributed by atoms with Crippen LogP contribution in [-0.4, -0.2) is 36.4 Å². The average Bonchev–Trinajstić information content (AvgIpc) is 2.94. The van der Waals surface area contributed by atoms with Crippen LogP contribution in [0.3, 0.4) is 0 Å². The van der Waals surface area contributed by atoms with Crippen molar-refractivity contribution in [1.82, 2.24) is 15.5 Å². The van der Waals surface area contributed by atoms with Crippen LogP contribution in [0.25, 0.3) is 0 Å². The Morgan fingerprint density at radius 3 is 2.94 bits per heavy atom. The minimum Gasteiger partial charge on any atom is -0.381 e. The minimum atomic E-state index is 0.173. The Morgan fingerprint density at radius 1 is 1.41 bits per heavy atom. The van der Waals surface area contributed by atoms with Crippen molar-refractivity contribution in [3.05, 3.63) is 11.7 Å². The third-order valence-corrected chi connectivity index (χ3v) is 4.03. The van der Waals surface area contributed by atoms with E-state index in [0.29, 0.717) is 12.6 Å². The zero-order chi connectivity index (χ0) is 11.9. The molecule has 0 amide bonds. The van der Waals surface area contributed by atoms with Gasteiger partial charge in [0.2, 0.25) is 5.89 Å². The number of rotatable bonds is 3. The van der Waals surface area contributed by atoms with Crippen LogP contribution in [0.2, 0.25) is 0 Å². The number of nitrogens with one attached hydrogen (secondary N) is 1. The van der Waals surface area contributed by atoms with Gasteiger partial charge in [0, 0.05) is 18.1 Å². The lowest BCUT2D eigenvalue weighted by Gasteiger charge is -2.28. The molecular formula is C12H19N3O2. The van der Waals surface area contributed by atoms with E-state index in [-0.39, 0.29) is 11.3 Å². The summed E-state index contributed by atoms with van der Waals surface area (Å²) in [4.78, 5) is 4.57. The zero-order valence-electron chi connectivity index (χ0n) is 10.4. The summed E-state index contributed by atoms with van der Waals surface area (Å²) in [5.41, 5.74) is 0.173. The molecule has 17 heavy (non-hydrogen) atoms. The number of likely N-dealkylation sites (N-methyl/N-ethyl adjacent to an activating group) is 1. The summed E-state index contributed by atoms with van der Waals surface area (Å²) in [7, 11) is 1.97. The quantitative estimate of drug-likeness (QED) is 0.856. The fourth-order valence-electron chi connectivity index (χ4n) is 2.37. The molecule has 2 heterocycles. The fraction of sp³-hybridized carbons (Fsp3) is 0.833. The molecule has 0 bridgehead atoms. The zero-order valence-corrected chi connectivity index (χ0v) is 10.4. The van der Waals surface area contributed by atoms with E-state index in [9.17, 15) is 0 Å². The van der Waals surface area contributed by atoms with E-state index in [4.69, 9.17) is 9.26 Å². The number of ether oxygens (including phenoxy) is 1. The van der Waals surface area contributed by atoms with Gasteiger partial charge < -0.3 is 14.6 Å². The van der Waals surface area contributed by atoms with Crippen LogP contribution < -0.4 is 5.32 Å². The van der Waals surface area contributed by atoms with Crippen molar-refractivity contribution >= 4 is 0 Å². The molecule has 2 atom stereocenters. The molecule has 1 aromatic rings. The van der Waals surface area contributed by atoms with Crippen molar-refractivity contribution in [2.75, 3.05) is 20.3 Å². The monoisotopic (exact) mass is 237 g/mol. The maximum atomic E-state index is 5.51. The van der Waals surface area contributed by atoms with Crippen molar-refractivity contribution in [2.24, 2.45) is 0 Å². The van der Waals surface area contributed by atoms with Gasteiger partial charge in [-0.15, -0.1) is 0 Å². The standard InChI is InChI=1S/C12H19N3O2/c1-12(4-5-12)11-14-10(17-15-11)8-7-16-6-3-9(8)13-2/h8-9,13H,3-7H2,1-2H3. The summed E-state index contributed by atoms with van der Waals surface area (Å²) in [6, 6.07) is 0.379. The van der Waals surface area contributed by atoms with Crippen LogP contribution in [0.1, 0.15) is 43.8 Å². The Balaban J connectivity index is 1.80. The first-order valence-corrected chi connectivity index (χ1v) is 6.32. The predicted molar refractivity (Wildman–Crippen MR) is 61.9 cm³/mol. The molecule has 3 rings (SSSR count). The molecule has 2 aliphatic rings. The Kier molecular flexibility index (Phi) is 2.67. The van der Waals surface area contributed by atoms with Crippen LogP contribution in [-0.2, 0) is 10.2 Å². The van der Waals surface area contributed by atoms with Gasteiger partial charge in [-0.1, -0.05) is 12.1 Å². The second-order valence-corrected chi connectivity index (χ2v) is 5.38. The molecule has 5 heteroatoms. The molecule has 0 spiro atoms. The second kappa shape index (κ2) is 4.07. The molecule has 1 aromatic heterocycles. The van der Waals surface area contributed by atoms with E-state index in [1.54, 1.807) is 0 Å². The lowest BCUT2D eigenvalue weighted by atomic mass is 9.96. The summed E-state index contributed by atoms with van der Waals surface area (Å²) in [5.74, 6) is 1.79. The molecule has 94 valence electrons. The summed E-state index contributed by atoms with van der Waals surface area (Å²) < 4.78 is 10.9. The molecule has 5 nitrogen and oxygen atoms in total. The second-order valence-electron chi connectivity index (χ2n) is 5.38. The van der Waals surface area contributed by atoms with Gasteiger partial charge in [0.05, 0.1) is 12.5 Å². The summed E-state index contributed by atoms with van der Waals surface area (Å²) in [6.07, 6.45) is 3.33. The molecule has 2 fully saturated rings.